The summed E-state index contributed by atoms with van der Waals surface area (Å²) in [6.07, 6.45) is 0. The van der Waals surface area contributed by atoms with E-state index in [9.17, 15) is 4.79 Å². The van der Waals surface area contributed by atoms with Gasteiger partial charge in [0.05, 0.1) is 0 Å². The van der Waals surface area contributed by atoms with E-state index in [1.54, 1.807) is 12.1 Å². The Morgan fingerprint density at radius 1 is 1.42 bits per heavy atom. The standard InChI is InChI=1S/C7H6O4Si/c8-6-4-2-1-3-5(6)7(9)11-12-10/h1-4,8,10H. The summed E-state index contributed by atoms with van der Waals surface area (Å²) in [5, 5.41) is 9.13. The topological polar surface area (TPSA) is 66.8 Å². The minimum absolute atomic E-state index is 0.0547. The minimum Gasteiger partial charge on any atom is -0.507 e. The van der Waals surface area contributed by atoms with Crippen molar-refractivity contribution < 1.29 is 19.1 Å². The summed E-state index contributed by atoms with van der Waals surface area (Å²) in [5.74, 6) is -0.880. The highest BCUT2D eigenvalue weighted by molar-refractivity contribution is 6.22. The molecule has 0 heterocycles. The van der Waals surface area contributed by atoms with Gasteiger partial charge in [0.25, 0.3) is 0 Å². The second-order valence-electron chi connectivity index (χ2n) is 2.00. The van der Waals surface area contributed by atoms with Crippen molar-refractivity contribution >= 4 is 16.0 Å². The lowest BCUT2D eigenvalue weighted by atomic mass is 10.2. The molecular formula is C7H6O4Si. The zero-order valence-corrected chi connectivity index (χ0v) is 7.02. The predicted octanol–water partition coefficient (Wildman–Crippen LogP) is 0.0755. The maximum atomic E-state index is 10.9. The predicted molar refractivity (Wildman–Crippen MR) is 41.5 cm³/mol. The molecule has 62 valence electrons. The van der Waals surface area contributed by atoms with Crippen LogP contribution in [-0.2, 0) is 4.43 Å². The van der Waals surface area contributed by atoms with E-state index in [4.69, 9.17) is 9.90 Å². The summed E-state index contributed by atoms with van der Waals surface area (Å²) in [6.45, 7) is 0. The van der Waals surface area contributed by atoms with Gasteiger partial charge in [-0.1, -0.05) is 12.1 Å². The van der Waals surface area contributed by atoms with E-state index in [0.29, 0.717) is 0 Å². The molecule has 0 spiro atoms. The van der Waals surface area contributed by atoms with Crippen LogP contribution in [0.4, 0.5) is 0 Å². The van der Waals surface area contributed by atoms with Crippen molar-refractivity contribution in [2.75, 3.05) is 0 Å². The SMILES string of the molecule is O=C(O[Si]O)c1ccccc1O. The Bertz CT molecular complexity index is 286. The number of carbonyl (C=O) groups is 1. The van der Waals surface area contributed by atoms with Gasteiger partial charge in [0.2, 0.25) is 0 Å². The molecule has 0 aromatic heterocycles. The molecule has 12 heavy (non-hydrogen) atoms. The molecule has 0 aliphatic rings. The molecule has 0 unspecified atom stereocenters. The average molecular weight is 182 g/mol. The van der Waals surface area contributed by atoms with Gasteiger partial charge in [0.1, 0.15) is 11.3 Å². The van der Waals surface area contributed by atoms with Crippen LogP contribution in [0.1, 0.15) is 10.4 Å². The van der Waals surface area contributed by atoms with E-state index in [2.05, 4.69) is 4.43 Å². The molecule has 0 amide bonds. The first-order valence-electron chi connectivity index (χ1n) is 3.14. The van der Waals surface area contributed by atoms with Gasteiger partial charge in [-0.15, -0.1) is 0 Å². The van der Waals surface area contributed by atoms with Gasteiger partial charge in [-0.25, -0.2) is 4.79 Å². The van der Waals surface area contributed by atoms with Crippen molar-refractivity contribution in [2.45, 2.75) is 0 Å². The van der Waals surface area contributed by atoms with E-state index in [0.717, 1.165) is 0 Å². The minimum atomic E-state index is -0.901. The Morgan fingerprint density at radius 2 is 2.08 bits per heavy atom. The van der Waals surface area contributed by atoms with Crippen LogP contribution in [0.25, 0.3) is 0 Å². The molecule has 1 rings (SSSR count). The molecule has 5 heteroatoms. The summed E-state index contributed by atoms with van der Waals surface area (Å²) in [6, 6.07) is 5.97. The molecule has 2 N–H and O–H groups in total. The second kappa shape index (κ2) is 3.89. The fourth-order valence-corrected chi connectivity index (χ4v) is 0.936. The van der Waals surface area contributed by atoms with Gasteiger partial charge in [-0.2, -0.15) is 0 Å². The first kappa shape index (κ1) is 8.76. The third-order valence-corrected chi connectivity index (χ3v) is 1.54. The van der Waals surface area contributed by atoms with E-state index < -0.39 is 16.0 Å². The number of hydrogen-bond acceptors (Lipinski definition) is 4. The Kier molecular flexibility index (Phi) is 2.84. The smallest absolute Gasteiger partial charge is 0.507 e. The van der Waals surface area contributed by atoms with Crippen LogP contribution in [0, 0.1) is 0 Å². The van der Waals surface area contributed by atoms with E-state index >= 15 is 0 Å². The molecule has 0 aliphatic carbocycles. The fraction of sp³-hybridized carbons (Fsp3) is 0. The molecule has 0 bridgehead atoms. The molecule has 0 aliphatic heterocycles. The van der Waals surface area contributed by atoms with Gasteiger partial charge in [0.15, 0.2) is 0 Å². The maximum Gasteiger partial charge on any atom is 0.520 e. The van der Waals surface area contributed by atoms with Crippen molar-refractivity contribution in [3.63, 3.8) is 0 Å². The Labute approximate surface area is 71.5 Å². The lowest BCUT2D eigenvalue weighted by Gasteiger charge is -2.01. The Balaban J connectivity index is 2.87. The van der Waals surface area contributed by atoms with Gasteiger partial charge < -0.3 is 14.3 Å². The number of hydrogen-bond donors (Lipinski definition) is 2. The van der Waals surface area contributed by atoms with Gasteiger partial charge in [-0.05, 0) is 12.1 Å². The maximum absolute atomic E-state index is 10.9. The lowest BCUT2D eigenvalue weighted by molar-refractivity contribution is 0.0716. The molecule has 2 radical (unpaired) electrons. The van der Waals surface area contributed by atoms with Crippen molar-refractivity contribution in [1.82, 2.24) is 0 Å². The lowest BCUT2D eigenvalue weighted by Crippen LogP contribution is -2.08. The second-order valence-corrected chi connectivity index (χ2v) is 2.38. The monoisotopic (exact) mass is 182 g/mol. The highest BCUT2D eigenvalue weighted by Gasteiger charge is 2.10. The Morgan fingerprint density at radius 3 is 2.67 bits per heavy atom. The number of para-hydroxylation sites is 1. The van der Waals surface area contributed by atoms with Crippen LogP contribution in [0.5, 0.6) is 5.75 Å². The van der Waals surface area contributed by atoms with E-state index in [-0.39, 0.29) is 11.3 Å². The van der Waals surface area contributed by atoms with Crippen molar-refractivity contribution in [3.8, 4) is 5.75 Å². The van der Waals surface area contributed by atoms with E-state index in [1.807, 2.05) is 0 Å². The van der Waals surface area contributed by atoms with Gasteiger partial charge >= 0.3 is 16.0 Å². The highest BCUT2D eigenvalue weighted by atomic mass is 28.2. The number of phenolic OH excluding ortho intramolecular Hbond substituents is 1. The van der Waals surface area contributed by atoms with Gasteiger partial charge in [0, 0.05) is 0 Å². The number of benzene rings is 1. The number of aromatic hydroxyl groups is 1. The Hall–Kier alpha value is -1.33. The molecule has 0 saturated carbocycles. The summed E-state index contributed by atoms with van der Waals surface area (Å²) >= 11 is 0. The van der Waals surface area contributed by atoms with Crippen molar-refractivity contribution in [2.24, 2.45) is 0 Å². The molecule has 1 aromatic carbocycles. The van der Waals surface area contributed by atoms with Crippen LogP contribution in [0.3, 0.4) is 0 Å². The zero-order valence-electron chi connectivity index (χ0n) is 6.02. The molecule has 0 fully saturated rings. The summed E-state index contributed by atoms with van der Waals surface area (Å²) in [5.41, 5.74) is 0.0547. The number of phenols is 1. The third-order valence-electron chi connectivity index (χ3n) is 1.26. The molecular weight excluding hydrogens is 176 g/mol. The van der Waals surface area contributed by atoms with Crippen LogP contribution in [0.15, 0.2) is 24.3 Å². The van der Waals surface area contributed by atoms with Crippen LogP contribution < -0.4 is 0 Å². The van der Waals surface area contributed by atoms with Crippen LogP contribution >= 0.6 is 0 Å². The van der Waals surface area contributed by atoms with Gasteiger partial charge in [-0.3, -0.25) is 0 Å². The molecule has 0 saturated heterocycles. The number of rotatable bonds is 2. The summed E-state index contributed by atoms with van der Waals surface area (Å²) < 4.78 is 4.29. The molecule has 1 aromatic rings. The van der Waals surface area contributed by atoms with Crippen LogP contribution in [0.2, 0.25) is 0 Å². The quantitative estimate of drug-likeness (QED) is 0.635. The van der Waals surface area contributed by atoms with E-state index in [1.165, 1.54) is 12.1 Å². The zero-order chi connectivity index (χ0) is 8.97. The largest absolute Gasteiger partial charge is 0.520 e. The first-order valence-corrected chi connectivity index (χ1v) is 3.99. The van der Waals surface area contributed by atoms with Crippen LogP contribution in [-0.4, -0.2) is 25.9 Å². The summed E-state index contributed by atoms with van der Waals surface area (Å²) in [7, 11) is -0.901. The highest BCUT2D eigenvalue weighted by Crippen LogP contribution is 2.15. The number of carbonyl (C=O) groups excluding carboxylic acids is 1. The normalized spacial score (nSPS) is 9.42. The fourth-order valence-electron chi connectivity index (χ4n) is 0.743. The molecule has 0 atom stereocenters. The molecule has 4 nitrogen and oxygen atoms in total. The summed E-state index contributed by atoms with van der Waals surface area (Å²) in [4.78, 5) is 19.2. The third kappa shape index (κ3) is 1.83. The van der Waals surface area contributed by atoms with Crippen molar-refractivity contribution in [3.05, 3.63) is 29.8 Å². The average Bonchev–Trinajstić information content (AvgIpc) is 2.05. The first-order chi connectivity index (χ1) is 5.75. The van der Waals surface area contributed by atoms with Crippen molar-refractivity contribution in [1.29, 1.82) is 0 Å².